The van der Waals surface area contributed by atoms with Gasteiger partial charge in [0.15, 0.2) is 5.82 Å². The van der Waals surface area contributed by atoms with Crippen LogP contribution in [0.5, 0.6) is 0 Å². The van der Waals surface area contributed by atoms with Gasteiger partial charge >= 0.3 is 6.03 Å². The summed E-state index contributed by atoms with van der Waals surface area (Å²) in [4.78, 5) is 28.8. The molecule has 0 fully saturated rings. The van der Waals surface area contributed by atoms with Crippen molar-refractivity contribution in [2.24, 2.45) is 0 Å². The summed E-state index contributed by atoms with van der Waals surface area (Å²) < 4.78 is 10.3. The molecule has 1 atom stereocenters. The Morgan fingerprint density at radius 1 is 1.06 bits per heavy atom. The van der Waals surface area contributed by atoms with Crippen molar-refractivity contribution < 1.29 is 18.8 Å². The number of amides is 3. The minimum absolute atomic E-state index is 0.175. The molecule has 0 saturated heterocycles. The summed E-state index contributed by atoms with van der Waals surface area (Å²) in [7, 11) is 1.56. The lowest BCUT2D eigenvalue weighted by atomic mass is 10.1. The van der Waals surface area contributed by atoms with Crippen LogP contribution in [0, 0.1) is 6.92 Å². The van der Waals surface area contributed by atoms with Crippen LogP contribution in [0.15, 0.2) is 53.1 Å². The van der Waals surface area contributed by atoms with E-state index >= 15 is 0 Å². The predicted octanol–water partition coefficient (Wildman–Crippen LogP) is 4.30. The number of anilines is 3. The van der Waals surface area contributed by atoms with Crippen molar-refractivity contribution >= 4 is 29.0 Å². The number of urea groups is 1. The molecule has 0 bridgehead atoms. The molecule has 1 aromatic heterocycles. The maximum absolute atomic E-state index is 12.4. The Balaban J connectivity index is 1.55. The summed E-state index contributed by atoms with van der Waals surface area (Å²) in [6.07, 6.45) is 0.212. The molecule has 3 amide bonds. The van der Waals surface area contributed by atoms with Crippen LogP contribution in [0.2, 0.25) is 0 Å². The highest BCUT2D eigenvalue weighted by atomic mass is 16.5. The number of hydrogen-bond acceptors (Lipinski definition) is 6. The van der Waals surface area contributed by atoms with Gasteiger partial charge < -0.3 is 25.2 Å². The number of para-hydroxylation sites is 1. The van der Waals surface area contributed by atoms with Crippen molar-refractivity contribution in [2.45, 2.75) is 32.8 Å². The third kappa shape index (κ3) is 6.38. The maximum Gasteiger partial charge on any atom is 0.323 e. The molecule has 0 aliphatic heterocycles. The van der Waals surface area contributed by atoms with Gasteiger partial charge in [0, 0.05) is 37.0 Å². The topological polar surface area (TPSA) is 118 Å². The van der Waals surface area contributed by atoms with Gasteiger partial charge in [0.05, 0.1) is 0 Å². The van der Waals surface area contributed by atoms with E-state index in [0.717, 1.165) is 5.56 Å². The molecule has 3 rings (SSSR count). The number of aromatic nitrogens is 2. The van der Waals surface area contributed by atoms with Crippen LogP contribution < -0.4 is 16.0 Å². The summed E-state index contributed by atoms with van der Waals surface area (Å²) in [6, 6.07) is 14.1. The van der Waals surface area contributed by atoms with Crippen LogP contribution in [0.3, 0.4) is 0 Å². The van der Waals surface area contributed by atoms with E-state index in [1.165, 1.54) is 0 Å². The first-order valence-corrected chi connectivity index (χ1v) is 9.83. The van der Waals surface area contributed by atoms with Crippen LogP contribution >= 0.6 is 0 Å². The van der Waals surface area contributed by atoms with Crippen molar-refractivity contribution in [1.29, 1.82) is 0 Å². The number of methoxy groups -OCH3 is 1. The zero-order valence-corrected chi connectivity index (χ0v) is 17.6. The quantitative estimate of drug-likeness (QED) is 0.497. The molecule has 1 heterocycles. The molecule has 0 radical (unpaired) electrons. The fraction of sp³-hybridized carbons (Fsp3) is 0.273. The second-order valence-electron chi connectivity index (χ2n) is 6.95. The molecule has 3 N–H and O–H groups in total. The fourth-order valence-corrected chi connectivity index (χ4v) is 2.72. The van der Waals surface area contributed by atoms with Crippen LogP contribution in [-0.2, 0) is 16.0 Å². The molecule has 0 saturated carbocycles. The molecule has 0 spiro atoms. The van der Waals surface area contributed by atoms with E-state index in [1.807, 2.05) is 38.1 Å². The Labute approximate surface area is 180 Å². The van der Waals surface area contributed by atoms with E-state index in [1.54, 1.807) is 31.4 Å². The maximum atomic E-state index is 12.4. The number of benzene rings is 2. The predicted molar refractivity (Wildman–Crippen MR) is 117 cm³/mol. The van der Waals surface area contributed by atoms with Gasteiger partial charge in [-0.05, 0) is 43.7 Å². The molecule has 31 heavy (non-hydrogen) atoms. The second-order valence-corrected chi connectivity index (χ2v) is 6.95. The van der Waals surface area contributed by atoms with Gasteiger partial charge in [-0.25, -0.2) is 4.79 Å². The van der Waals surface area contributed by atoms with Crippen molar-refractivity contribution in [2.75, 3.05) is 23.1 Å². The van der Waals surface area contributed by atoms with E-state index in [0.29, 0.717) is 35.2 Å². The third-order valence-electron chi connectivity index (χ3n) is 4.57. The Kier molecular flexibility index (Phi) is 7.34. The van der Waals surface area contributed by atoms with E-state index in [9.17, 15) is 9.59 Å². The Morgan fingerprint density at radius 2 is 1.81 bits per heavy atom. The van der Waals surface area contributed by atoms with Gasteiger partial charge in [0.25, 0.3) is 0 Å². The van der Waals surface area contributed by atoms with Crippen LogP contribution in [-0.4, -0.2) is 29.2 Å². The molecule has 0 unspecified atom stereocenters. The first-order chi connectivity index (χ1) is 14.9. The largest absolute Gasteiger partial charge is 0.374 e. The van der Waals surface area contributed by atoms with E-state index in [-0.39, 0.29) is 24.5 Å². The number of aryl methyl sites for hydroxylation is 2. The number of carbonyl (C=O) groups is 2. The minimum atomic E-state index is -0.371. The highest BCUT2D eigenvalue weighted by Crippen LogP contribution is 2.21. The van der Waals surface area contributed by atoms with E-state index in [4.69, 9.17) is 9.26 Å². The first kappa shape index (κ1) is 22.0. The monoisotopic (exact) mass is 423 g/mol. The molecule has 0 aliphatic carbocycles. The SMILES string of the molecule is CO[C@@H](C)c1noc(CCC(=O)Nc2cc(NC(=O)Nc3ccccc3)ccc2C)n1. The van der Waals surface area contributed by atoms with Crippen molar-refractivity contribution in [3.8, 4) is 0 Å². The Bertz CT molecular complexity index is 1040. The molecule has 9 heteroatoms. The fourth-order valence-electron chi connectivity index (χ4n) is 2.72. The number of rotatable bonds is 8. The zero-order valence-electron chi connectivity index (χ0n) is 17.6. The van der Waals surface area contributed by atoms with Crippen molar-refractivity contribution in [3.63, 3.8) is 0 Å². The molecular weight excluding hydrogens is 398 g/mol. The lowest BCUT2D eigenvalue weighted by molar-refractivity contribution is -0.116. The molecule has 3 aromatic rings. The highest BCUT2D eigenvalue weighted by molar-refractivity contribution is 6.00. The molecular formula is C22H25N5O4. The van der Waals surface area contributed by atoms with Gasteiger partial charge in [-0.15, -0.1) is 0 Å². The molecule has 9 nitrogen and oxygen atoms in total. The smallest absolute Gasteiger partial charge is 0.323 e. The van der Waals surface area contributed by atoms with Crippen LogP contribution in [0.1, 0.15) is 36.7 Å². The van der Waals surface area contributed by atoms with Gasteiger partial charge in [0.1, 0.15) is 6.10 Å². The van der Waals surface area contributed by atoms with Gasteiger partial charge in [0.2, 0.25) is 11.8 Å². The lowest BCUT2D eigenvalue weighted by Gasteiger charge is -2.12. The number of nitrogens with zero attached hydrogens (tertiary/aromatic N) is 2. The molecule has 0 aliphatic rings. The van der Waals surface area contributed by atoms with E-state index < -0.39 is 0 Å². The molecule has 2 aromatic carbocycles. The van der Waals surface area contributed by atoms with Crippen molar-refractivity contribution in [1.82, 2.24) is 10.1 Å². The van der Waals surface area contributed by atoms with Gasteiger partial charge in [-0.3, -0.25) is 4.79 Å². The summed E-state index contributed by atoms with van der Waals surface area (Å²) in [6.45, 7) is 3.69. The third-order valence-corrected chi connectivity index (χ3v) is 4.57. The lowest BCUT2D eigenvalue weighted by Crippen LogP contribution is -2.19. The molecule has 162 valence electrons. The number of ether oxygens (including phenoxy) is 1. The number of nitrogens with one attached hydrogen (secondary N) is 3. The summed E-state index contributed by atoms with van der Waals surface area (Å²) in [5.41, 5.74) is 2.73. The van der Waals surface area contributed by atoms with Crippen LogP contribution in [0.4, 0.5) is 21.9 Å². The number of hydrogen-bond donors (Lipinski definition) is 3. The minimum Gasteiger partial charge on any atom is -0.374 e. The van der Waals surface area contributed by atoms with Gasteiger partial charge in [-0.1, -0.05) is 29.4 Å². The average Bonchev–Trinajstić information content (AvgIpc) is 3.24. The average molecular weight is 423 g/mol. The van der Waals surface area contributed by atoms with E-state index in [2.05, 4.69) is 26.1 Å². The normalized spacial score (nSPS) is 11.6. The zero-order chi connectivity index (χ0) is 22.2. The Hall–Kier alpha value is -3.72. The number of carbonyl (C=O) groups excluding carboxylic acids is 2. The van der Waals surface area contributed by atoms with Crippen LogP contribution in [0.25, 0.3) is 0 Å². The summed E-state index contributed by atoms with van der Waals surface area (Å²) in [5, 5.41) is 12.2. The van der Waals surface area contributed by atoms with Gasteiger partial charge in [-0.2, -0.15) is 4.98 Å². The standard InChI is InChI=1S/C22H25N5O4/c1-14-9-10-17(24-22(29)23-16-7-5-4-6-8-16)13-18(14)25-19(28)11-12-20-26-21(27-31-20)15(2)30-3/h4-10,13,15H,11-12H2,1-3H3,(H,25,28)(H2,23,24,29)/t15-/m0/s1. The van der Waals surface area contributed by atoms with Crippen molar-refractivity contribution in [3.05, 3.63) is 65.8 Å². The first-order valence-electron chi connectivity index (χ1n) is 9.83. The highest BCUT2D eigenvalue weighted by Gasteiger charge is 2.14. The Morgan fingerprint density at radius 3 is 2.55 bits per heavy atom. The summed E-state index contributed by atoms with van der Waals surface area (Å²) in [5.74, 6) is 0.619. The second kappa shape index (κ2) is 10.4. The summed E-state index contributed by atoms with van der Waals surface area (Å²) >= 11 is 0.